The van der Waals surface area contributed by atoms with Crippen LogP contribution in [0.1, 0.15) is 10.4 Å². The molecule has 0 atom stereocenters. The van der Waals surface area contributed by atoms with E-state index in [9.17, 15) is 4.79 Å². The Balaban J connectivity index is 2.80. The molecule has 0 amide bonds. The summed E-state index contributed by atoms with van der Waals surface area (Å²) >= 11 is 0. The van der Waals surface area contributed by atoms with Crippen LogP contribution in [0.3, 0.4) is 0 Å². The summed E-state index contributed by atoms with van der Waals surface area (Å²) in [6.07, 6.45) is 0.805. The third-order valence-electron chi connectivity index (χ3n) is 2.95. The van der Waals surface area contributed by atoms with Crippen molar-refractivity contribution in [3.8, 4) is 11.5 Å². The summed E-state index contributed by atoms with van der Waals surface area (Å²) in [4.78, 5) is 11.2. The number of methoxy groups -OCH3 is 2. The van der Waals surface area contributed by atoms with Crippen molar-refractivity contribution in [2.45, 2.75) is 0 Å². The Morgan fingerprint density at radius 3 is 2.39 bits per heavy atom. The van der Waals surface area contributed by atoms with Crippen LogP contribution >= 0.6 is 0 Å². The Kier molecular flexibility index (Phi) is 3.37. The second kappa shape index (κ2) is 4.96. The fourth-order valence-corrected chi connectivity index (χ4v) is 2.02. The van der Waals surface area contributed by atoms with E-state index in [1.807, 2.05) is 25.2 Å². The Bertz CT molecular complexity index is 593. The molecule has 0 saturated carbocycles. The van der Waals surface area contributed by atoms with Gasteiger partial charge in [-0.15, -0.1) is 0 Å². The molecule has 0 aromatic heterocycles. The fourth-order valence-electron chi connectivity index (χ4n) is 2.02. The Morgan fingerprint density at radius 1 is 1.11 bits per heavy atom. The van der Waals surface area contributed by atoms with E-state index in [1.165, 1.54) is 0 Å². The molecule has 2 aromatic rings. The molecule has 0 aliphatic heterocycles. The predicted molar refractivity (Wildman–Crippen MR) is 72.0 cm³/mol. The average Bonchev–Trinajstić information content (AvgIpc) is 2.44. The molecule has 0 heterocycles. The summed E-state index contributed by atoms with van der Waals surface area (Å²) in [5.41, 5.74) is 1.42. The summed E-state index contributed by atoms with van der Waals surface area (Å²) in [7, 11) is 4.98. The zero-order chi connectivity index (χ0) is 13.1. The number of carbonyl (C=O) groups is 1. The Hall–Kier alpha value is -2.23. The van der Waals surface area contributed by atoms with Crippen LogP contribution in [-0.4, -0.2) is 27.6 Å². The van der Waals surface area contributed by atoms with E-state index < -0.39 is 0 Å². The minimum atomic E-state index is 0.538. The number of rotatable bonds is 4. The number of nitrogens with one attached hydrogen (secondary N) is 1. The second-order valence-corrected chi connectivity index (χ2v) is 3.82. The van der Waals surface area contributed by atoms with Gasteiger partial charge in [0.2, 0.25) is 0 Å². The Labute approximate surface area is 106 Å². The molecule has 2 aromatic carbocycles. The third kappa shape index (κ3) is 1.86. The minimum absolute atomic E-state index is 0.538. The second-order valence-electron chi connectivity index (χ2n) is 3.82. The van der Waals surface area contributed by atoms with E-state index in [0.29, 0.717) is 17.1 Å². The van der Waals surface area contributed by atoms with Gasteiger partial charge in [0.05, 0.1) is 25.5 Å². The van der Waals surface area contributed by atoms with Crippen LogP contribution < -0.4 is 14.8 Å². The third-order valence-corrected chi connectivity index (χ3v) is 2.95. The number of hydrogen-bond donors (Lipinski definition) is 1. The van der Waals surface area contributed by atoms with Gasteiger partial charge in [-0.2, -0.15) is 0 Å². The van der Waals surface area contributed by atoms with Gasteiger partial charge in [-0.05, 0) is 29.0 Å². The van der Waals surface area contributed by atoms with Crippen molar-refractivity contribution in [2.24, 2.45) is 0 Å². The van der Waals surface area contributed by atoms with Crippen LogP contribution in [0.15, 0.2) is 24.3 Å². The quantitative estimate of drug-likeness (QED) is 0.841. The highest BCUT2D eigenvalue weighted by molar-refractivity contribution is 6.03. The topological polar surface area (TPSA) is 47.6 Å². The standard InChI is InChI=1S/C14H15NO3/c1-15-12-6-9-4-5-13(17-2)11(8-16)10(9)7-14(12)18-3/h4-8,15H,1-3H3. The molecule has 94 valence electrons. The maximum atomic E-state index is 11.2. The van der Waals surface area contributed by atoms with Gasteiger partial charge in [0.25, 0.3) is 0 Å². The molecule has 0 radical (unpaired) electrons. The van der Waals surface area contributed by atoms with E-state index in [-0.39, 0.29) is 0 Å². The van der Waals surface area contributed by atoms with Crippen LogP contribution in [0.25, 0.3) is 10.8 Å². The molecular formula is C14H15NO3. The van der Waals surface area contributed by atoms with Gasteiger partial charge >= 0.3 is 0 Å². The van der Waals surface area contributed by atoms with Gasteiger partial charge in [-0.25, -0.2) is 0 Å². The molecule has 4 nitrogen and oxygen atoms in total. The van der Waals surface area contributed by atoms with Gasteiger partial charge in [-0.3, -0.25) is 4.79 Å². The van der Waals surface area contributed by atoms with E-state index in [0.717, 1.165) is 22.7 Å². The van der Waals surface area contributed by atoms with Crippen LogP contribution in [-0.2, 0) is 0 Å². The maximum Gasteiger partial charge on any atom is 0.154 e. The molecule has 0 saturated heterocycles. The number of hydrogen-bond acceptors (Lipinski definition) is 4. The van der Waals surface area contributed by atoms with Gasteiger partial charge in [0.1, 0.15) is 11.5 Å². The first-order chi connectivity index (χ1) is 8.74. The Morgan fingerprint density at radius 2 is 1.83 bits per heavy atom. The fraction of sp³-hybridized carbons (Fsp3) is 0.214. The van der Waals surface area contributed by atoms with Crippen LogP contribution in [0, 0.1) is 0 Å². The van der Waals surface area contributed by atoms with E-state index >= 15 is 0 Å². The monoisotopic (exact) mass is 245 g/mol. The van der Waals surface area contributed by atoms with Crippen molar-refractivity contribution >= 4 is 22.7 Å². The first kappa shape index (κ1) is 12.2. The lowest BCUT2D eigenvalue weighted by molar-refractivity contribution is 0.112. The van der Waals surface area contributed by atoms with Crippen molar-refractivity contribution in [3.05, 3.63) is 29.8 Å². The molecule has 0 bridgehead atoms. The summed E-state index contributed by atoms with van der Waals surface area (Å²) < 4.78 is 10.5. The molecule has 0 spiro atoms. The van der Waals surface area contributed by atoms with Gasteiger partial charge in [0.15, 0.2) is 6.29 Å². The van der Waals surface area contributed by atoms with Gasteiger partial charge in [-0.1, -0.05) is 6.07 Å². The molecule has 1 N–H and O–H groups in total. The number of benzene rings is 2. The molecule has 0 unspecified atom stereocenters. The zero-order valence-electron chi connectivity index (χ0n) is 10.6. The molecule has 2 rings (SSSR count). The van der Waals surface area contributed by atoms with Crippen molar-refractivity contribution < 1.29 is 14.3 Å². The van der Waals surface area contributed by atoms with Crippen molar-refractivity contribution in [3.63, 3.8) is 0 Å². The van der Waals surface area contributed by atoms with Gasteiger partial charge in [0, 0.05) is 7.05 Å². The molecule has 4 heteroatoms. The number of anilines is 1. The number of fused-ring (bicyclic) bond motifs is 1. The SMILES string of the molecule is CNc1cc2ccc(OC)c(C=O)c2cc1OC. The smallest absolute Gasteiger partial charge is 0.154 e. The highest BCUT2D eigenvalue weighted by Crippen LogP contribution is 2.34. The molecule has 0 fully saturated rings. The number of ether oxygens (including phenoxy) is 2. The average molecular weight is 245 g/mol. The first-order valence-corrected chi connectivity index (χ1v) is 5.56. The summed E-state index contributed by atoms with van der Waals surface area (Å²) in [6, 6.07) is 7.49. The maximum absolute atomic E-state index is 11.2. The summed E-state index contributed by atoms with van der Waals surface area (Å²) in [5.74, 6) is 1.26. The lowest BCUT2D eigenvalue weighted by atomic mass is 10.0. The molecular weight excluding hydrogens is 230 g/mol. The highest BCUT2D eigenvalue weighted by atomic mass is 16.5. The number of carbonyl (C=O) groups excluding carboxylic acids is 1. The van der Waals surface area contributed by atoms with Gasteiger partial charge < -0.3 is 14.8 Å². The lowest BCUT2D eigenvalue weighted by Crippen LogP contribution is -1.96. The van der Waals surface area contributed by atoms with Crippen molar-refractivity contribution in [1.29, 1.82) is 0 Å². The lowest BCUT2D eigenvalue weighted by Gasteiger charge is -2.12. The molecule has 0 aliphatic carbocycles. The van der Waals surface area contributed by atoms with E-state index in [2.05, 4.69) is 5.32 Å². The highest BCUT2D eigenvalue weighted by Gasteiger charge is 2.11. The van der Waals surface area contributed by atoms with Crippen LogP contribution in [0.2, 0.25) is 0 Å². The van der Waals surface area contributed by atoms with Crippen molar-refractivity contribution in [2.75, 3.05) is 26.6 Å². The number of aldehydes is 1. The van der Waals surface area contributed by atoms with Crippen LogP contribution in [0.4, 0.5) is 5.69 Å². The predicted octanol–water partition coefficient (Wildman–Crippen LogP) is 2.71. The first-order valence-electron chi connectivity index (χ1n) is 5.56. The summed E-state index contributed by atoms with van der Waals surface area (Å²) in [5, 5.41) is 4.84. The largest absolute Gasteiger partial charge is 0.496 e. The molecule has 0 aliphatic rings. The van der Waals surface area contributed by atoms with E-state index in [4.69, 9.17) is 9.47 Å². The van der Waals surface area contributed by atoms with Crippen molar-refractivity contribution in [1.82, 2.24) is 0 Å². The minimum Gasteiger partial charge on any atom is -0.496 e. The van der Waals surface area contributed by atoms with Crippen LogP contribution in [0.5, 0.6) is 11.5 Å². The molecule has 18 heavy (non-hydrogen) atoms. The summed E-state index contributed by atoms with van der Waals surface area (Å²) in [6.45, 7) is 0. The normalized spacial score (nSPS) is 10.2. The van der Waals surface area contributed by atoms with E-state index in [1.54, 1.807) is 20.3 Å². The zero-order valence-corrected chi connectivity index (χ0v) is 10.6.